The smallest absolute Gasteiger partial charge is 0.255 e. The number of pyridine rings is 1. The number of aromatic hydroxyl groups is 1. The van der Waals surface area contributed by atoms with Gasteiger partial charge < -0.3 is 24.6 Å². The van der Waals surface area contributed by atoms with Crippen molar-refractivity contribution < 1.29 is 24.1 Å². The van der Waals surface area contributed by atoms with E-state index >= 15 is 0 Å². The molecule has 0 unspecified atom stereocenters. The maximum absolute atomic E-state index is 12.5. The number of amides is 1. The highest BCUT2D eigenvalue weighted by Crippen LogP contribution is 2.28. The van der Waals surface area contributed by atoms with Crippen LogP contribution in [0.2, 0.25) is 0 Å². The van der Waals surface area contributed by atoms with Crippen LogP contribution < -0.4 is 19.5 Å². The number of nitrogens with one attached hydrogen (secondary N) is 1. The summed E-state index contributed by atoms with van der Waals surface area (Å²) in [5, 5.41) is 12.5. The molecule has 4 aromatic rings. The topological polar surface area (TPSA) is 89.9 Å². The summed E-state index contributed by atoms with van der Waals surface area (Å²) >= 11 is 0. The van der Waals surface area contributed by atoms with Gasteiger partial charge >= 0.3 is 0 Å². The number of nitrogens with zero attached hydrogens (tertiary/aromatic N) is 1. The number of phenols is 1. The summed E-state index contributed by atoms with van der Waals surface area (Å²) in [6.45, 7) is 0.450. The molecule has 3 aromatic carbocycles. The van der Waals surface area contributed by atoms with Crippen LogP contribution in [0.5, 0.6) is 23.1 Å². The van der Waals surface area contributed by atoms with Gasteiger partial charge in [0.25, 0.3) is 5.91 Å². The first-order chi connectivity index (χ1) is 17.1. The van der Waals surface area contributed by atoms with Crippen LogP contribution in [0.15, 0.2) is 84.9 Å². The van der Waals surface area contributed by atoms with Gasteiger partial charge in [0.1, 0.15) is 5.75 Å². The number of rotatable bonds is 9. The summed E-state index contributed by atoms with van der Waals surface area (Å²) in [5.41, 5.74) is 3.62. The Morgan fingerprint density at radius 1 is 0.886 bits per heavy atom. The second kappa shape index (κ2) is 11.1. The van der Waals surface area contributed by atoms with Crippen molar-refractivity contribution in [3.63, 3.8) is 0 Å². The van der Waals surface area contributed by atoms with Crippen LogP contribution in [0.25, 0.3) is 11.3 Å². The second-order valence-electron chi connectivity index (χ2n) is 7.73. The molecule has 0 aliphatic carbocycles. The molecule has 2 N–H and O–H groups in total. The SMILES string of the molecule is COc1ccc(CCOc2cccc(-c3cccc(NC(=O)c4cccc(O)c4)c3)n2)cc1OC. The Bertz CT molecular complexity index is 1320. The van der Waals surface area contributed by atoms with E-state index in [2.05, 4.69) is 10.3 Å². The fraction of sp³-hybridized carbons (Fsp3) is 0.143. The van der Waals surface area contributed by atoms with Crippen LogP contribution in [0.4, 0.5) is 5.69 Å². The minimum absolute atomic E-state index is 0.0403. The average molecular weight is 471 g/mol. The quantitative estimate of drug-likeness (QED) is 0.343. The predicted molar refractivity (Wildman–Crippen MR) is 134 cm³/mol. The van der Waals surface area contributed by atoms with Crippen molar-refractivity contribution in [3.8, 4) is 34.4 Å². The number of carbonyl (C=O) groups excluding carboxylic acids is 1. The summed E-state index contributed by atoms with van der Waals surface area (Å²) < 4.78 is 16.5. The lowest BCUT2D eigenvalue weighted by Gasteiger charge is -2.11. The lowest BCUT2D eigenvalue weighted by molar-refractivity contribution is 0.102. The molecule has 178 valence electrons. The number of aromatic nitrogens is 1. The maximum Gasteiger partial charge on any atom is 0.255 e. The zero-order chi connectivity index (χ0) is 24.6. The zero-order valence-electron chi connectivity index (χ0n) is 19.5. The van der Waals surface area contributed by atoms with Crippen molar-refractivity contribution in [2.24, 2.45) is 0 Å². The first-order valence-corrected chi connectivity index (χ1v) is 11.1. The molecule has 0 radical (unpaired) electrons. The Hall–Kier alpha value is -4.52. The number of hydrogen-bond donors (Lipinski definition) is 2. The van der Waals surface area contributed by atoms with Gasteiger partial charge in [-0.1, -0.05) is 30.3 Å². The highest BCUT2D eigenvalue weighted by molar-refractivity contribution is 6.04. The number of hydrogen-bond acceptors (Lipinski definition) is 6. The van der Waals surface area contributed by atoms with Crippen molar-refractivity contribution in [2.75, 3.05) is 26.1 Å². The maximum atomic E-state index is 12.5. The minimum Gasteiger partial charge on any atom is -0.508 e. The lowest BCUT2D eigenvalue weighted by atomic mass is 10.1. The van der Waals surface area contributed by atoms with E-state index in [1.807, 2.05) is 54.6 Å². The van der Waals surface area contributed by atoms with Crippen LogP contribution in [-0.4, -0.2) is 36.8 Å². The van der Waals surface area contributed by atoms with Gasteiger partial charge in [-0.3, -0.25) is 4.79 Å². The molecular formula is C28H26N2O5. The molecule has 1 amide bonds. The lowest BCUT2D eigenvalue weighted by Crippen LogP contribution is -2.11. The van der Waals surface area contributed by atoms with E-state index in [1.165, 1.54) is 12.1 Å². The molecule has 0 atom stereocenters. The molecule has 0 aliphatic rings. The molecule has 1 heterocycles. The summed E-state index contributed by atoms with van der Waals surface area (Å²) in [4.78, 5) is 17.1. The van der Waals surface area contributed by atoms with Crippen LogP contribution >= 0.6 is 0 Å². The van der Waals surface area contributed by atoms with Crippen molar-refractivity contribution in [1.82, 2.24) is 4.98 Å². The van der Waals surface area contributed by atoms with Crippen LogP contribution in [0.1, 0.15) is 15.9 Å². The Labute approximate surface area is 203 Å². The molecule has 35 heavy (non-hydrogen) atoms. The normalized spacial score (nSPS) is 10.5. The third-order valence-corrected chi connectivity index (χ3v) is 5.34. The van der Waals surface area contributed by atoms with E-state index in [9.17, 15) is 9.90 Å². The Morgan fingerprint density at radius 2 is 1.69 bits per heavy atom. The number of methoxy groups -OCH3 is 2. The highest BCUT2D eigenvalue weighted by Gasteiger charge is 2.09. The third-order valence-electron chi connectivity index (χ3n) is 5.34. The van der Waals surface area contributed by atoms with E-state index in [0.29, 0.717) is 41.7 Å². The number of phenolic OH excluding ortho intramolecular Hbond substituents is 1. The van der Waals surface area contributed by atoms with Crippen LogP contribution in [0.3, 0.4) is 0 Å². The van der Waals surface area contributed by atoms with Gasteiger partial charge in [-0.2, -0.15) is 0 Å². The molecule has 1 aromatic heterocycles. The molecule has 0 spiro atoms. The highest BCUT2D eigenvalue weighted by atomic mass is 16.5. The standard InChI is InChI=1S/C28H26N2O5/c1-33-25-13-12-19(16-26(25)34-2)14-15-35-27-11-5-10-24(30-27)20-6-3-8-22(17-20)29-28(32)21-7-4-9-23(31)18-21/h3-13,16-18,31H,14-15H2,1-2H3,(H,29,32). The van der Waals surface area contributed by atoms with Crippen molar-refractivity contribution >= 4 is 11.6 Å². The van der Waals surface area contributed by atoms with Crippen LogP contribution in [0, 0.1) is 0 Å². The largest absolute Gasteiger partial charge is 0.508 e. The Kier molecular flexibility index (Phi) is 7.47. The van der Waals surface area contributed by atoms with Crippen molar-refractivity contribution in [2.45, 2.75) is 6.42 Å². The van der Waals surface area contributed by atoms with Gasteiger partial charge in [-0.15, -0.1) is 0 Å². The predicted octanol–water partition coefficient (Wildman–Crippen LogP) is 5.35. The third kappa shape index (κ3) is 6.09. The molecule has 7 heteroatoms. The number of benzene rings is 3. The van der Waals surface area contributed by atoms with Gasteiger partial charge in [0.05, 0.1) is 26.5 Å². The minimum atomic E-state index is -0.307. The fourth-order valence-corrected chi connectivity index (χ4v) is 3.57. The van der Waals surface area contributed by atoms with E-state index in [0.717, 1.165) is 16.8 Å². The van der Waals surface area contributed by atoms with Gasteiger partial charge in [-0.25, -0.2) is 4.98 Å². The first-order valence-electron chi connectivity index (χ1n) is 11.1. The Morgan fingerprint density at radius 3 is 2.49 bits per heavy atom. The summed E-state index contributed by atoms with van der Waals surface area (Å²) in [5.74, 6) is 1.61. The first kappa shape index (κ1) is 23.6. The number of carbonyl (C=O) groups is 1. The monoisotopic (exact) mass is 470 g/mol. The van der Waals surface area contributed by atoms with E-state index in [4.69, 9.17) is 14.2 Å². The summed E-state index contributed by atoms with van der Waals surface area (Å²) in [7, 11) is 3.22. The molecule has 0 saturated carbocycles. The molecule has 0 fully saturated rings. The van der Waals surface area contributed by atoms with E-state index in [1.54, 1.807) is 32.4 Å². The number of anilines is 1. The molecular weight excluding hydrogens is 444 g/mol. The van der Waals surface area contributed by atoms with Gasteiger partial charge in [0, 0.05) is 29.3 Å². The average Bonchev–Trinajstić information content (AvgIpc) is 2.89. The molecule has 0 saturated heterocycles. The number of ether oxygens (including phenoxy) is 3. The molecule has 0 aliphatic heterocycles. The van der Waals surface area contributed by atoms with Gasteiger partial charge in [0.15, 0.2) is 11.5 Å². The summed E-state index contributed by atoms with van der Waals surface area (Å²) in [6.07, 6.45) is 0.683. The molecule has 0 bridgehead atoms. The zero-order valence-corrected chi connectivity index (χ0v) is 19.5. The summed E-state index contributed by atoms with van der Waals surface area (Å²) in [6, 6.07) is 25.0. The second-order valence-corrected chi connectivity index (χ2v) is 7.73. The molecule has 4 rings (SSSR count). The van der Waals surface area contributed by atoms with Crippen molar-refractivity contribution in [1.29, 1.82) is 0 Å². The van der Waals surface area contributed by atoms with E-state index < -0.39 is 0 Å². The van der Waals surface area contributed by atoms with Gasteiger partial charge in [-0.05, 0) is 54.1 Å². The fourth-order valence-electron chi connectivity index (χ4n) is 3.57. The van der Waals surface area contributed by atoms with Crippen molar-refractivity contribution in [3.05, 3.63) is 96.1 Å². The van der Waals surface area contributed by atoms with Crippen LogP contribution in [-0.2, 0) is 6.42 Å². The van der Waals surface area contributed by atoms with E-state index in [-0.39, 0.29) is 11.7 Å². The molecule has 7 nitrogen and oxygen atoms in total. The van der Waals surface area contributed by atoms with Gasteiger partial charge in [0.2, 0.25) is 5.88 Å². The Balaban J connectivity index is 1.41.